The number of halogens is 1. The Balaban J connectivity index is 2.31. The van der Waals surface area contributed by atoms with Crippen LogP contribution in [0.2, 0.25) is 0 Å². The Kier molecular flexibility index (Phi) is 2.68. The lowest BCUT2D eigenvalue weighted by Gasteiger charge is -2.12. The summed E-state index contributed by atoms with van der Waals surface area (Å²) >= 11 is 0. The van der Waals surface area contributed by atoms with E-state index in [2.05, 4.69) is 0 Å². The number of ether oxygens (including phenoxy) is 1. The maximum Gasteiger partial charge on any atom is 0.173 e. The molecule has 0 spiro atoms. The Labute approximate surface area is 93.4 Å². The number of ketones is 1. The summed E-state index contributed by atoms with van der Waals surface area (Å²) in [5.74, 6) is -0.314. The lowest BCUT2D eigenvalue weighted by molar-refractivity contribution is 0.0901. The number of Topliss-reactive ketones (excluding diaryl/α,β-unsaturated/α-hetero) is 1. The first-order valence-corrected chi connectivity index (χ1v) is 5.21. The molecule has 0 aromatic heterocycles. The third kappa shape index (κ3) is 1.69. The molecule has 0 atom stereocenters. The molecule has 16 heavy (non-hydrogen) atoms. The molecule has 1 aromatic carbocycles. The summed E-state index contributed by atoms with van der Waals surface area (Å²) in [5, 5.41) is 0. The fourth-order valence-corrected chi connectivity index (χ4v) is 1.77. The number of benzene rings is 1. The van der Waals surface area contributed by atoms with Crippen LogP contribution in [0.5, 0.6) is 5.75 Å². The third-order valence-electron chi connectivity index (χ3n) is 3.15. The fraction of sp³-hybridized carbons (Fsp3) is 0.417. The van der Waals surface area contributed by atoms with Crippen LogP contribution in [-0.2, 0) is 0 Å². The molecule has 2 rings (SSSR count). The standard InChI is InChI=1S/C12H14FNO2/c1-16-8-2-3-9(10(13)6-8)11(15)12(7-14)4-5-12/h2-3,6H,4-5,7,14H2,1H3. The van der Waals surface area contributed by atoms with Gasteiger partial charge in [0.25, 0.3) is 0 Å². The minimum absolute atomic E-state index is 0.115. The van der Waals surface area contributed by atoms with Crippen molar-refractivity contribution in [1.82, 2.24) is 0 Å². The van der Waals surface area contributed by atoms with Crippen molar-refractivity contribution in [1.29, 1.82) is 0 Å². The first-order chi connectivity index (χ1) is 7.63. The molecule has 4 heteroatoms. The van der Waals surface area contributed by atoms with Gasteiger partial charge < -0.3 is 10.5 Å². The van der Waals surface area contributed by atoms with Crippen molar-refractivity contribution in [3.63, 3.8) is 0 Å². The summed E-state index contributed by atoms with van der Waals surface area (Å²) in [6.45, 7) is 0.289. The minimum atomic E-state index is -0.538. The highest BCUT2D eigenvalue weighted by Gasteiger charge is 2.49. The Bertz CT molecular complexity index is 427. The number of rotatable bonds is 4. The molecule has 0 unspecified atom stereocenters. The summed E-state index contributed by atoms with van der Waals surface area (Å²) in [7, 11) is 1.46. The number of hydrogen-bond donors (Lipinski definition) is 1. The van der Waals surface area contributed by atoms with Gasteiger partial charge in [-0.15, -0.1) is 0 Å². The summed E-state index contributed by atoms with van der Waals surface area (Å²) < 4.78 is 18.5. The van der Waals surface area contributed by atoms with Gasteiger partial charge in [0.15, 0.2) is 5.78 Å². The molecule has 0 heterocycles. The topological polar surface area (TPSA) is 52.3 Å². The zero-order valence-electron chi connectivity index (χ0n) is 9.13. The average molecular weight is 223 g/mol. The van der Waals surface area contributed by atoms with Gasteiger partial charge in [-0.25, -0.2) is 4.39 Å². The second-order valence-electron chi connectivity index (χ2n) is 4.16. The number of carbonyl (C=O) groups excluding carboxylic acids is 1. The zero-order chi connectivity index (χ0) is 11.8. The van der Waals surface area contributed by atoms with Crippen molar-refractivity contribution in [2.45, 2.75) is 12.8 Å². The van der Waals surface area contributed by atoms with E-state index in [0.717, 1.165) is 12.8 Å². The SMILES string of the molecule is COc1ccc(C(=O)C2(CN)CC2)c(F)c1. The lowest BCUT2D eigenvalue weighted by Crippen LogP contribution is -2.26. The molecule has 1 aromatic rings. The molecule has 2 N–H and O–H groups in total. The predicted molar refractivity (Wildman–Crippen MR) is 58.0 cm³/mol. The summed E-state index contributed by atoms with van der Waals surface area (Å²) in [6.07, 6.45) is 1.52. The van der Waals surface area contributed by atoms with Crippen molar-refractivity contribution in [3.05, 3.63) is 29.6 Å². The molecule has 86 valence electrons. The summed E-state index contributed by atoms with van der Waals surface area (Å²) in [6, 6.07) is 4.27. The van der Waals surface area contributed by atoms with Crippen LogP contribution in [0, 0.1) is 11.2 Å². The van der Waals surface area contributed by atoms with Gasteiger partial charge in [-0.3, -0.25) is 4.79 Å². The smallest absolute Gasteiger partial charge is 0.173 e. The quantitative estimate of drug-likeness (QED) is 0.791. The van der Waals surface area contributed by atoms with Gasteiger partial charge in [0.1, 0.15) is 11.6 Å². The van der Waals surface area contributed by atoms with Gasteiger partial charge in [-0.2, -0.15) is 0 Å². The van der Waals surface area contributed by atoms with E-state index in [1.807, 2.05) is 0 Å². The van der Waals surface area contributed by atoms with E-state index >= 15 is 0 Å². The number of carbonyl (C=O) groups is 1. The van der Waals surface area contributed by atoms with Crippen LogP contribution >= 0.6 is 0 Å². The van der Waals surface area contributed by atoms with Crippen molar-refractivity contribution < 1.29 is 13.9 Å². The van der Waals surface area contributed by atoms with Gasteiger partial charge in [0.05, 0.1) is 12.7 Å². The van der Waals surface area contributed by atoms with Crippen LogP contribution in [-0.4, -0.2) is 19.4 Å². The molecule has 1 aliphatic carbocycles. The highest BCUT2D eigenvalue weighted by molar-refractivity contribution is 6.02. The van der Waals surface area contributed by atoms with E-state index in [1.54, 1.807) is 6.07 Å². The number of nitrogens with two attached hydrogens (primary N) is 1. The predicted octanol–water partition coefficient (Wildman–Crippen LogP) is 1.76. The molecule has 1 saturated carbocycles. The van der Waals surface area contributed by atoms with Crippen molar-refractivity contribution in [2.75, 3.05) is 13.7 Å². The normalized spacial score (nSPS) is 16.9. The van der Waals surface area contributed by atoms with Crippen molar-refractivity contribution >= 4 is 5.78 Å². The molecule has 0 aliphatic heterocycles. The second-order valence-corrected chi connectivity index (χ2v) is 4.16. The van der Waals surface area contributed by atoms with Crippen LogP contribution in [0.3, 0.4) is 0 Å². The molecular formula is C12H14FNO2. The van der Waals surface area contributed by atoms with E-state index in [0.29, 0.717) is 5.75 Å². The zero-order valence-corrected chi connectivity index (χ0v) is 9.13. The van der Waals surface area contributed by atoms with Gasteiger partial charge in [0.2, 0.25) is 0 Å². The van der Waals surface area contributed by atoms with Gasteiger partial charge in [0, 0.05) is 18.0 Å². The highest BCUT2D eigenvalue weighted by Crippen LogP contribution is 2.47. The van der Waals surface area contributed by atoms with Crippen LogP contribution in [0.4, 0.5) is 4.39 Å². The van der Waals surface area contributed by atoms with Gasteiger partial charge in [-0.05, 0) is 25.0 Å². The van der Waals surface area contributed by atoms with Gasteiger partial charge >= 0.3 is 0 Å². The Morgan fingerprint density at radius 2 is 2.25 bits per heavy atom. The Morgan fingerprint density at radius 3 is 2.69 bits per heavy atom. The third-order valence-corrected chi connectivity index (χ3v) is 3.15. The molecule has 0 radical (unpaired) electrons. The molecule has 0 bridgehead atoms. The summed E-state index contributed by atoms with van der Waals surface area (Å²) in [5.41, 5.74) is 5.16. The molecule has 0 saturated heterocycles. The van der Waals surface area contributed by atoms with E-state index in [-0.39, 0.29) is 17.9 Å². The van der Waals surface area contributed by atoms with E-state index in [9.17, 15) is 9.18 Å². The van der Waals surface area contributed by atoms with Crippen LogP contribution in [0.1, 0.15) is 23.2 Å². The first-order valence-electron chi connectivity index (χ1n) is 5.21. The minimum Gasteiger partial charge on any atom is -0.497 e. The lowest BCUT2D eigenvalue weighted by atomic mass is 9.94. The largest absolute Gasteiger partial charge is 0.497 e. The summed E-state index contributed by atoms with van der Waals surface area (Å²) in [4.78, 5) is 12.0. The number of hydrogen-bond acceptors (Lipinski definition) is 3. The number of methoxy groups -OCH3 is 1. The molecule has 1 aliphatic rings. The van der Waals surface area contributed by atoms with Crippen LogP contribution in [0.15, 0.2) is 18.2 Å². The maximum absolute atomic E-state index is 13.6. The average Bonchev–Trinajstić information content (AvgIpc) is 3.09. The Hall–Kier alpha value is -1.42. The fourth-order valence-electron chi connectivity index (χ4n) is 1.77. The van der Waals surface area contributed by atoms with Crippen LogP contribution in [0.25, 0.3) is 0 Å². The maximum atomic E-state index is 13.6. The van der Waals surface area contributed by atoms with Gasteiger partial charge in [-0.1, -0.05) is 0 Å². The van der Waals surface area contributed by atoms with Crippen molar-refractivity contribution in [3.8, 4) is 5.75 Å². The van der Waals surface area contributed by atoms with E-state index < -0.39 is 11.2 Å². The first kappa shape index (κ1) is 11.1. The molecule has 1 fully saturated rings. The monoisotopic (exact) mass is 223 g/mol. The Morgan fingerprint density at radius 1 is 1.56 bits per heavy atom. The van der Waals surface area contributed by atoms with E-state index in [1.165, 1.54) is 19.2 Å². The molecule has 3 nitrogen and oxygen atoms in total. The van der Waals surface area contributed by atoms with Crippen molar-refractivity contribution in [2.24, 2.45) is 11.1 Å². The van der Waals surface area contributed by atoms with Crippen LogP contribution < -0.4 is 10.5 Å². The second kappa shape index (κ2) is 3.87. The van der Waals surface area contributed by atoms with E-state index in [4.69, 9.17) is 10.5 Å². The molecular weight excluding hydrogens is 209 g/mol. The highest BCUT2D eigenvalue weighted by atomic mass is 19.1. The molecule has 0 amide bonds.